The van der Waals surface area contributed by atoms with Gasteiger partial charge in [0.05, 0.1) is 0 Å². The average Bonchev–Trinajstić information content (AvgIpc) is 2.73. The van der Waals surface area contributed by atoms with Gasteiger partial charge in [0.25, 0.3) is 0 Å². The Bertz CT molecular complexity index is 558. The molecule has 1 aliphatic rings. The van der Waals surface area contributed by atoms with Crippen molar-refractivity contribution in [3.63, 3.8) is 0 Å². The summed E-state index contributed by atoms with van der Waals surface area (Å²) in [5, 5.41) is 12.7. The average molecular weight is 273 g/mol. The van der Waals surface area contributed by atoms with Crippen molar-refractivity contribution in [2.45, 2.75) is 24.2 Å². The van der Waals surface area contributed by atoms with E-state index in [4.69, 9.17) is 5.11 Å². The quantitative estimate of drug-likeness (QED) is 0.854. The number of hydrogen-bond acceptors (Lipinski definition) is 4. The molecule has 8 heteroatoms. The highest BCUT2D eigenvalue weighted by molar-refractivity contribution is 7.89. The first-order valence-electron chi connectivity index (χ1n) is 5.70. The molecule has 100 valence electrons. The molecule has 2 heterocycles. The number of aryl methyl sites for hydroxylation is 1. The Hall–Kier alpha value is -1.41. The van der Waals surface area contributed by atoms with Crippen LogP contribution in [0.15, 0.2) is 11.1 Å². The van der Waals surface area contributed by atoms with E-state index < -0.39 is 21.7 Å². The first-order valence-corrected chi connectivity index (χ1v) is 7.14. The van der Waals surface area contributed by atoms with Crippen LogP contribution in [0.5, 0.6) is 0 Å². The second kappa shape index (κ2) is 4.69. The lowest BCUT2D eigenvalue weighted by atomic mass is 10.2. The maximum atomic E-state index is 12.3. The summed E-state index contributed by atoms with van der Waals surface area (Å²) >= 11 is 0. The van der Waals surface area contributed by atoms with Gasteiger partial charge >= 0.3 is 5.97 Å². The Morgan fingerprint density at radius 3 is 2.50 bits per heavy atom. The molecule has 0 aromatic carbocycles. The van der Waals surface area contributed by atoms with Crippen LogP contribution >= 0.6 is 0 Å². The maximum Gasteiger partial charge on any atom is 0.357 e. The fourth-order valence-electron chi connectivity index (χ4n) is 2.05. The van der Waals surface area contributed by atoms with Crippen LogP contribution < -0.4 is 0 Å². The monoisotopic (exact) mass is 273 g/mol. The van der Waals surface area contributed by atoms with Gasteiger partial charge < -0.3 is 5.11 Å². The van der Waals surface area contributed by atoms with E-state index in [2.05, 4.69) is 5.10 Å². The smallest absolute Gasteiger partial charge is 0.357 e. The Balaban J connectivity index is 2.43. The number of aromatic nitrogens is 2. The van der Waals surface area contributed by atoms with Gasteiger partial charge in [0, 0.05) is 26.3 Å². The molecule has 0 saturated carbocycles. The molecule has 7 nitrogen and oxygen atoms in total. The van der Waals surface area contributed by atoms with E-state index in [9.17, 15) is 13.2 Å². The summed E-state index contributed by atoms with van der Waals surface area (Å²) in [5.41, 5.74) is -0.414. The lowest BCUT2D eigenvalue weighted by Gasteiger charge is -2.25. The SMILES string of the molecule is Cn1cc(S(=O)(=O)N2CCCCC2)c(C(=O)O)n1. The number of sulfonamides is 1. The van der Waals surface area contributed by atoms with Crippen molar-refractivity contribution >= 4 is 16.0 Å². The fraction of sp³-hybridized carbons (Fsp3) is 0.600. The van der Waals surface area contributed by atoms with Crippen molar-refractivity contribution in [1.29, 1.82) is 0 Å². The number of nitrogens with zero attached hydrogens (tertiary/aromatic N) is 3. The normalized spacial score (nSPS) is 17.8. The van der Waals surface area contributed by atoms with E-state index in [0.29, 0.717) is 13.1 Å². The molecule has 0 radical (unpaired) electrons. The molecule has 0 atom stereocenters. The van der Waals surface area contributed by atoms with Crippen LogP contribution in [0.25, 0.3) is 0 Å². The van der Waals surface area contributed by atoms with E-state index in [-0.39, 0.29) is 4.90 Å². The third-order valence-corrected chi connectivity index (χ3v) is 4.83. The first kappa shape index (κ1) is 13.0. The molecule has 0 aliphatic carbocycles. The molecular weight excluding hydrogens is 258 g/mol. The standard InChI is InChI=1S/C10H15N3O4S/c1-12-7-8(9(11-12)10(14)15)18(16,17)13-5-3-2-4-6-13/h7H,2-6H2,1H3,(H,14,15). The Kier molecular flexibility index (Phi) is 3.40. The molecule has 1 aromatic heterocycles. The zero-order chi connectivity index (χ0) is 13.3. The summed E-state index contributed by atoms with van der Waals surface area (Å²) in [6, 6.07) is 0. The van der Waals surface area contributed by atoms with Crippen LogP contribution in [0.3, 0.4) is 0 Å². The molecule has 0 unspecified atom stereocenters. The van der Waals surface area contributed by atoms with Gasteiger partial charge in [0.2, 0.25) is 10.0 Å². The van der Waals surface area contributed by atoms with Crippen LogP contribution in [0.2, 0.25) is 0 Å². The van der Waals surface area contributed by atoms with Crippen LogP contribution in [0, 0.1) is 0 Å². The second-order valence-electron chi connectivity index (χ2n) is 4.29. The number of carbonyl (C=O) groups is 1. The van der Waals surface area contributed by atoms with Crippen molar-refractivity contribution in [3.05, 3.63) is 11.9 Å². The van der Waals surface area contributed by atoms with Crippen molar-refractivity contribution in [3.8, 4) is 0 Å². The lowest BCUT2D eigenvalue weighted by molar-refractivity contribution is 0.0685. The van der Waals surface area contributed by atoms with Crippen LogP contribution in [0.4, 0.5) is 0 Å². The Labute approximate surface area is 105 Å². The van der Waals surface area contributed by atoms with Crippen LogP contribution in [-0.2, 0) is 17.1 Å². The molecule has 1 saturated heterocycles. The van der Waals surface area contributed by atoms with E-state index in [1.165, 1.54) is 22.2 Å². The van der Waals surface area contributed by atoms with Crippen molar-refractivity contribution in [2.24, 2.45) is 7.05 Å². The summed E-state index contributed by atoms with van der Waals surface area (Å²) in [5.74, 6) is -1.33. The minimum atomic E-state index is -3.75. The highest BCUT2D eigenvalue weighted by Gasteiger charge is 2.32. The zero-order valence-electron chi connectivity index (χ0n) is 10.0. The number of piperidine rings is 1. The van der Waals surface area contributed by atoms with Gasteiger partial charge in [-0.1, -0.05) is 6.42 Å². The molecule has 18 heavy (non-hydrogen) atoms. The van der Waals surface area contributed by atoms with Gasteiger partial charge in [-0.25, -0.2) is 13.2 Å². The molecule has 1 aromatic rings. The van der Waals surface area contributed by atoms with Gasteiger partial charge in [-0.15, -0.1) is 0 Å². The topological polar surface area (TPSA) is 92.5 Å². The third-order valence-electron chi connectivity index (χ3n) is 2.93. The Morgan fingerprint density at radius 2 is 1.94 bits per heavy atom. The van der Waals surface area contributed by atoms with E-state index in [0.717, 1.165) is 19.3 Å². The van der Waals surface area contributed by atoms with E-state index in [1.54, 1.807) is 0 Å². The predicted octanol–water partition coefficient (Wildman–Crippen LogP) is 0.293. The highest BCUT2D eigenvalue weighted by atomic mass is 32.2. The molecule has 2 rings (SSSR count). The minimum absolute atomic E-state index is 0.223. The third kappa shape index (κ3) is 2.25. The van der Waals surface area contributed by atoms with Crippen LogP contribution in [-0.4, -0.2) is 46.7 Å². The van der Waals surface area contributed by atoms with Gasteiger partial charge in [-0.2, -0.15) is 9.40 Å². The first-order chi connectivity index (χ1) is 8.43. The van der Waals surface area contributed by atoms with Gasteiger partial charge in [-0.3, -0.25) is 4.68 Å². The molecule has 1 fully saturated rings. The zero-order valence-corrected chi connectivity index (χ0v) is 10.9. The van der Waals surface area contributed by atoms with Crippen molar-refractivity contribution < 1.29 is 18.3 Å². The number of aromatic carboxylic acids is 1. The summed E-state index contributed by atoms with van der Waals surface area (Å²) in [6.45, 7) is 0.882. The van der Waals surface area contributed by atoms with Crippen molar-refractivity contribution in [2.75, 3.05) is 13.1 Å². The molecule has 0 amide bonds. The van der Waals surface area contributed by atoms with Crippen molar-refractivity contribution in [1.82, 2.24) is 14.1 Å². The number of hydrogen-bond donors (Lipinski definition) is 1. The summed E-state index contributed by atoms with van der Waals surface area (Å²) in [7, 11) is -2.25. The number of carboxylic acids is 1. The molecule has 0 bridgehead atoms. The highest BCUT2D eigenvalue weighted by Crippen LogP contribution is 2.22. The summed E-state index contributed by atoms with van der Waals surface area (Å²) in [4.78, 5) is 10.8. The van der Waals surface area contributed by atoms with Crippen LogP contribution in [0.1, 0.15) is 29.8 Å². The van der Waals surface area contributed by atoms with Gasteiger partial charge in [0.1, 0.15) is 4.90 Å². The van der Waals surface area contributed by atoms with Gasteiger partial charge in [-0.05, 0) is 12.8 Å². The molecular formula is C10H15N3O4S. The number of carboxylic acid groups (broad SMARTS) is 1. The predicted molar refractivity (Wildman–Crippen MR) is 62.8 cm³/mol. The second-order valence-corrected chi connectivity index (χ2v) is 6.19. The fourth-order valence-corrected chi connectivity index (χ4v) is 3.72. The lowest BCUT2D eigenvalue weighted by Crippen LogP contribution is -2.36. The van der Waals surface area contributed by atoms with Gasteiger partial charge in [0.15, 0.2) is 5.69 Å². The summed E-state index contributed by atoms with van der Waals surface area (Å²) in [6.07, 6.45) is 3.86. The molecule has 0 spiro atoms. The Morgan fingerprint density at radius 1 is 1.33 bits per heavy atom. The number of rotatable bonds is 3. The maximum absolute atomic E-state index is 12.3. The van der Waals surface area contributed by atoms with E-state index >= 15 is 0 Å². The largest absolute Gasteiger partial charge is 0.476 e. The summed E-state index contributed by atoms with van der Waals surface area (Å²) < 4.78 is 27.2. The molecule has 1 N–H and O–H groups in total. The minimum Gasteiger partial charge on any atom is -0.476 e. The molecule has 1 aliphatic heterocycles. The van der Waals surface area contributed by atoms with E-state index in [1.807, 2.05) is 0 Å².